The maximum atomic E-state index is 13.8. The van der Waals surface area contributed by atoms with Gasteiger partial charge in [0.15, 0.2) is 35.2 Å². The smallest absolute Gasteiger partial charge is 0.247 e. The van der Waals surface area contributed by atoms with Crippen LogP contribution >= 0.6 is 0 Å². The van der Waals surface area contributed by atoms with Gasteiger partial charge in [-0.1, -0.05) is 192 Å². The second-order valence-corrected chi connectivity index (χ2v) is 35.4. The van der Waals surface area contributed by atoms with Crippen molar-refractivity contribution < 1.29 is 71.9 Å². The van der Waals surface area contributed by atoms with E-state index in [4.69, 9.17) is 34.4 Å². The van der Waals surface area contributed by atoms with E-state index in [0.717, 1.165) is 38.5 Å². The number of nitrogens with two attached hydrogens (primary N) is 6. The molecule has 12 amide bonds. The van der Waals surface area contributed by atoms with Gasteiger partial charge in [-0.3, -0.25) is 86.9 Å². The van der Waals surface area contributed by atoms with Crippen LogP contribution in [0.2, 0.25) is 0 Å². The summed E-state index contributed by atoms with van der Waals surface area (Å²) >= 11 is 0. The summed E-state index contributed by atoms with van der Waals surface area (Å²) in [6, 6.07) is 21.1. The molecule has 0 radical (unpaired) electrons. The van der Waals surface area contributed by atoms with Gasteiger partial charge in [-0.15, -0.1) is 0 Å². The van der Waals surface area contributed by atoms with Gasteiger partial charge >= 0.3 is 0 Å². The Labute approximate surface area is 766 Å². The molecule has 0 unspecified atom stereocenters. The SMILES string of the molecule is CC[C@@H]1NC(=O)[C@@H](CCCN=C(N)N)CC(=O)[C@](C)(NC(=O)C(C)C)CCCCCCNC(=O)[C@@H](c2ccccc2)NC1=O.CC[C@H]1NC(=O)[C@@H](CCCN=C(N)N)CC(=O)[C@@](C)(NC(=O)C(C)C)CCCCCCNC(=O)[C@H](c2ccccc2)NC1=O.CC[C@H]1NC(=O)[C@@H](CCCN=C(N)N)CC(=O)[C@@](C)(NC(=O)C(C)C)CCCCNC(=O)[C@H](c2ccccc2)NC1=O. The molecule has 0 aromatic heterocycles. The van der Waals surface area contributed by atoms with E-state index < -0.39 is 106 Å². The first kappa shape index (κ1) is 110. The summed E-state index contributed by atoms with van der Waals surface area (Å²) in [6.45, 7) is 22.9. The largest absolute Gasteiger partial charge is 0.370 e. The van der Waals surface area contributed by atoms with Gasteiger partial charge in [0.2, 0.25) is 70.9 Å². The molecule has 36 heteroatoms. The van der Waals surface area contributed by atoms with Gasteiger partial charge in [-0.2, -0.15) is 0 Å². The zero-order valence-corrected chi connectivity index (χ0v) is 78.4. The summed E-state index contributed by atoms with van der Waals surface area (Å²) in [7, 11) is 0. The molecule has 6 rings (SSSR count). The van der Waals surface area contributed by atoms with E-state index in [1.807, 2.05) is 18.2 Å². The Balaban J connectivity index is 0.000000408. The first-order valence-electron chi connectivity index (χ1n) is 46.1. The fraction of sp³-hybridized carbons (Fsp3) is 0.617. The van der Waals surface area contributed by atoms with Gasteiger partial charge in [-0.25, -0.2) is 0 Å². The third-order valence-electron chi connectivity index (χ3n) is 23.4. The molecule has 3 aliphatic heterocycles. The monoisotopic (exact) mass is 1810 g/mol. The molecule has 3 aliphatic rings. The average Bonchev–Trinajstić information content (AvgIpc) is 0.830. The fourth-order valence-corrected chi connectivity index (χ4v) is 15.0. The lowest BCUT2D eigenvalue weighted by Crippen LogP contribution is -2.55. The van der Waals surface area contributed by atoms with Crippen molar-refractivity contribution in [3.63, 3.8) is 0 Å². The standard InChI is InChI=1S/2C32H51N7O5.C30H47N7O5/c2*1-5-24-29(43)38-26(22-14-9-8-10-15-22)30(44)35-18-12-7-6-11-17-32(4,39-27(41)21(2)3)25(40)20-23(28(42)37-24)16-13-19-36-31(33)34;1-5-22-27(41)36-24(20-12-7-6-8-13-20)28(42)33-16-10-9-15-30(4,37-25(39)19(2)3)23(38)18-21(26(40)35-22)14-11-17-34-29(31)32/h2*8-10,14-15,21,23-24,26H,5-7,11-13,16-20H2,1-4H3,(H,35,44)(H,37,42)(H,38,43)(H,39,41)(H4,33,34,36);6-8,12-13,19,21-22,24H,5,9-11,14-18H2,1-4H3,(H,33,42)(H,35,40)(H,36,41)(H,37,39)(H4,31,32,34)/t23-,24+,26-,32-;23-,24-,26+,32+;21-,22+,24-,30-/m000/s1. The molecule has 3 saturated heterocycles. The fourth-order valence-electron chi connectivity index (χ4n) is 15.0. The lowest BCUT2D eigenvalue weighted by atomic mass is 9.82. The first-order chi connectivity index (χ1) is 61.6. The summed E-state index contributed by atoms with van der Waals surface area (Å²) in [5.74, 6) is -9.08. The van der Waals surface area contributed by atoms with Crippen LogP contribution in [-0.2, 0) is 71.9 Å². The predicted octanol–water partition coefficient (Wildman–Crippen LogP) is 5.16. The van der Waals surface area contributed by atoms with Gasteiger partial charge in [0.25, 0.3) is 0 Å². The maximum absolute atomic E-state index is 13.8. The van der Waals surface area contributed by atoms with E-state index >= 15 is 0 Å². The van der Waals surface area contributed by atoms with Crippen LogP contribution in [0, 0.1) is 35.5 Å². The Kier molecular flexibility index (Phi) is 48.6. The number of ketones is 3. The normalized spacial score (nSPS) is 24.7. The summed E-state index contributed by atoms with van der Waals surface area (Å²) in [5.41, 5.74) is 31.0. The molecule has 36 nitrogen and oxygen atoms in total. The first-order valence-corrected chi connectivity index (χ1v) is 46.1. The van der Waals surface area contributed by atoms with Crippen molar-refractivity contribution in [3.8, 4) is 0 Å². The van der Waals surface area contributed by atoms with E-state index in [1.54, 1.807) is 156 Å². The van der Waals surface area contributed by atoms with Crippen molar-refractivity contribution in [1.82, 2.24) is 63.8 Å². The molecule has 0 saturated carbocycles. The summed E-state index contributed by atoms with van der Waals surface area (Å²) in [5, 5.41) is 34.3. The number of amides is 12. The highest BCUT2D eigenvalue weighted by Crippen LogP contribution is 2.30. The van der Waals surface area contributed by atoms with E-state index in [2.05, 4.69) is 78.8 Å². The van der Waals surface area contributed by atoms with E-state index in [-0.39, 0.29) is 166 Å². The maximum Gasteiger partial charge on any atom is 0.247 e. The number of nitrogens with one attached hydrogen (secondary N) is 12. The van der Waals surface area contributed by atoms with Gasteiger partial charge < -0.3 is 98.2 Å². The second kappa shape index (κ2) is 57.2. The lowest BCUT2D eigenvalue weighted by Gasteiger charge is -2.32. The number of carbonyl (C=O) groups is 15. The molecule has 0 bridgehead atoms. The molecule has 3 heterocycles. The predicted molar refractivity (Wildman–Crippen MR) is 501 cm³/mol. The number of guanidine groups is 3. The molecule has 3 aromatic rings. The van der Waals surface area contributed by atoms with Crippen LogP contribution in [0.25, 0.3) is 0 Å². The van der Waals surface area contributed by atoms with Crippen molar-refractivity contribution in [1.29, 1.82) is 0 Å². The number of nitrogens with zero attached hydrogens (tertiary/aromatic N) is 3. The number of hydrogen-bond acceptors (Lipinski definition) is 18. The Morgan fingerprint density at radius 2 is 0.569 bits per heavy atom. The topological polar surface area (TPSA) is 594 Å². The summed E-state index contributed by atoms with van der Waals surface area (Å²) in [6.07, 6.45) is 10.7. The molecule has 0 spiro atoms. The number of hydrogen-bond donors (Lipinski definition) is 18. The quantitative estimate of drug-likeness (QED) is 0.0313. The number of Topliss-reactive ketones (excluding diaryl/α,β-unsaturated/α-hetero) is 3. The summed E-state index contributed by atoms with van der Waals surface area (Å²) < 4.78 is 0. The van der Waals surface area contributed by atoms with Crippen LogP contribution in [0.15, 0.2) is 106 Å². The highest BCUT2D eigenvalue weighted by atomic mass is 16.2. The Morgan fingerprint density at radius 1 is 0.338 bits per heavy atom. The lowest BCUT2D eigenvalue weighted by molar-refractivity contribution is -0.137. The van der Waals surface area contributed by atoms with Crippen LogP contribution in [0.4, 0.5) is 0 Å². The van der Waals surface area contributed by atoms with Crippen molar-refractivity contribution in [2.45, 2.75) is 296 Å². The van der Waals surface area contributed by atoms with Gasteiger partial charge in [0, 0.05) is 94.0 Å². The molecule has 0 aliphatic carbocycles. The van der Waals surface area contributed by atoms with Gasteiger partial charge in [0.05, 0.1) is 16.6 Å². The van der Waals surface area contributed by atoms with Crippen molar-refractivity contribution in [2.24, 2.45) is 84.9 Å². The minimum Gasteiger partial charge on any atom is -0.370 e. The average molecular weight is 1810 g/mol. The molecule has 3 fully saturated rings. The highest BCUT2D eigenvalue weighted by molar-refractivity contribution is 6.01. The van der Waals surface area contributed by atoms with Crippen LogP contribution < -0.4 is 98.2 Å². The third kappa shape index (κ3) is 38.8. The highest BCUT2D eigenvalue weighted by Gasteiger charge is 2.43. The Bertz CT molecular complexity index is 4090. The van der Waals surface area contributed by atoms with E-state index in [1.165, 1.54) is 0 Å². The molecule has 720 valence electrons. The minimum atomic E-state index is -1.21. The van der Waals surface area contributed by atoms with Crippen molar-refractivity contribution in [3.05, 3.63) is 108 Å². The zero-order chi connectivity index (χ0) is 96.7. The van der Waals surface area contributed by atoms with Crippen molar-refractivity contribution in [2.75, 3.05) is 39.3 Å². The Morgan fingerprint density at radius 3 is 0.800 bits per heavy atom. The number of carbonyl (C=O) groups excluding carboxylic acids is 15. The summed E-state index contributed by atoms with van der Waals surface area (Å²) in [4.78, 5) is 212. The Hall–Kier alpha value is -11.9. The zero-order valence-electron chi connectivity index (χ0n) is 78.4. The van der Waals surface area contributed by atoms with E-state index in [0.29, 0.717) is 101 Å². The minimum absolute atomic E-state index is 0.0704. The van der Waals surface area contributed by atoms with Crippen molar-refractivity contribution >= 4 is 106 Å². The molecular weight excluding hydrogens is 1660 g/mol. The number of benzene rings is 3. The third-order valence-corrected chi connectivity index (χ3v) is 23.4. The van der Waals surface area contributed by atoms with Crippen LogP contribution in [-0.4, -0.2) is 180 Å². The van der Waals surface area contributed by atoms with Crippen LogP contribution in [0.1, 0.15) is 278 Å². The number of rotatable bonds is 24. The second-order valence-electron chi connectivity index (χ2n) is 35.4. The molecular formula is C94H149N21O15. The van der Waals surface area contributed by atoms with Gasteiger partial charge in [0.1, 0.15) is 36.3 Å². The van der Waals surface area contributed by atoms with E-state index in [9.17, 15) is 71.9 Å². The van der Waals surface area contributed by atoms with Crippen LogP contribution in [0.3, 0.4) is 0 Å². The van der Waals surface area contributed by atoms with Crippen LogP contribution in [0.5, 0.6) is 0 Å². The molecule has 130 heavy (non-hydrogen) atoms. The van der Waals surface area contributed by atoms with Gasteiger partial charge in [-0.05, 0) is 140 Å². The molecule has 3 aromatic carbocycles. The molecule has 24 N–H and O–H groups in total. The number of aliphatic imine (C=N–C) groups is 3. The molecule has 12 atom stereocenters.